The van der Waals surface area contributed by atoms with E-state index in [9.17, 15) is 4.79 Å². The molecule has 1 atom stereocenters. The molecule has 1 amide bonds. The minimum atomic E-state index is -0.0619. The van der Waals surface area contributed by atoms with E-state index >= 15 is 0 Å². The first kappa shape index (κ1) is 15.4. The number of aromatic nitrogens is 1. The highest BCUT2D eigenvalue weighted by Crippen LogP contribution is 2.33. The van der Waals surface area contributed by atoms with Crippen LogP contribution in [0.5, 0.6) is 5.75 Å². The Bertz CT molecular complexity index is 871. The summed E-state index contributed by atoms with van der Waals surface area (Å²) in [6.07, 6.45) is 0.776. The molecule has 24 heavy (non-hydrogen) atoms. The number of thiazole rings is 1. The summed E-state index contributed by atoms with van der Waals surface area (Å²) < 4.78 is 5.66. The van der Waals surface area contributed by atoms with E-state index in [0.29, 0.717) is 11.5 Å². The zero-order valence-electron chi connectivity index (χ0n) is 13.1. The van der Waals surface area contributed by atoms with E-state index in [1.807, 2.05) is 42.6 Å². The van der Waals surface area contributed by atoms with Gasteiger partial charge in [0.05, 0.1) is 18.3 Å². The summed E-state index contributed by atoms with van der Waals surface area (Å²) in [4.78, 5) is 18.0. The summed E-state index contributed by atoms with van der Waals surface area (Å²) in [6, 6.07) is 9.88. The molecule has 0 unspecified atom stereocenters. The van der Waals surface area contributed by atoms with E-state index in [-0.39, 0.29) is 11.9 Å². The Hall–Kier alpha value is -2.18. The lowest BCUT2D eigenvalue weighted by atomic mass is 10.0. The molecule has 122 valence electrons. The van der Waals surface area contributed by atoms with Crippen molar-refractivity contribution >= 4 is 28.6 Å². The molecule has 1 aliphatic heterocycles. The van der Waals surface area contributed by atoms with Crippen LogP contribution in [0.1, 0.15) is 33.4 Å². The number of thiophene rings is 1. The van der Waals surface area contributed by atoms with Crippen LogP contribution in [0, 0.1) is 6.92 Å². The molecule has 0 spiro atoms. The highest BCUT2D eigenvalue weighted by molar-refractivity contribution is 7.17. The van der Waals surface area contributed by atoms with Gasteiger partial charge in [-0.25, -0.2) is 4.98 Å². The average molecular weight is 356 g/mol. The molecule has 4 rings (SSSR count). The van der Waals surface area contributed by atoms with Crippen LogP contribution in [0.3, 0.4) is 0 Å². The van der Waals surface area contributed by atoms with Crippen LogP contribution >= 0.6 is 22.7 Å². The highest BCUT2D eigenvalue weighted by Gasteiger charge is 2.25. The maximum Gasteiger partial charge on any atom is 0.263 e. The third-order valence-electron chi connectivity index (χ3n) is 4.03. The summed E-state index contributed by atoms with van der Waals surface area (Å²) in [5, 5.41) is 8.11. The van der Waals surface area contributed by atoms with Gasteiger partial charge in [0.2, 0.25) is 0 Å². The number of rotatable bonds is 3. The number of carbonyl (C=O) groups excluding carboxylic acids is 1. The molecule has 6 heteroatoms. The molecule has 1 N–H and O–H groups in total. The minimum absolute atomic E-state index is 0.0199. The number of ether oxygens (including phenoxy) is 1. The second-order valence-electron chi connectivity index (χ2n) is 5.65. The first-order valence-electron chi connectivity index (χ1n) is 7.75. The Morgan fingerprint density at radius 1 is 1.33 bits per heavy atom. The summed E-state index contributed by atoms with van der Waals surface area (Å²) in [6.45, 7) is 2.50. The maximum absolute atomic E-state index is 12.7. The number of amides is 1. The van der Waals surface area contributed by atoms with Gasteiger partial charge in [-0.3, -0.25) is 4.79 Å². The standard InChI is InChI=1S/C18H16N2O2S2/c1-11-16(24-18(19-11)12-7-9-23-10-12)17(21)20-14-6-8-22-15-5-3-2-4-13(14)15/h2-5,7,9-10,14H,6,8H2,1H3,(H,20,21)/t14-/m1/s1. The maximum atomic E-state index is 12.7. The molecule has 0 saturated carbocycles. The Morgan fingerprint density at radius 3 is 3.04 bits per heavy atom. The van der Waals surface area contributed by atoms with Crippen LogP contribution in [-0.2, 0) is 0 Å². The van der Waals surface area contributed by atoms with E-state index in [1.54, 1.807) is 11.3 Å². The molecule has 3 heterocycles. The molecule has 4 nitrogen and oxygen atoms in total. The number of aryl methyl sites for hydroxylation is 1. The largest absolute Gasteiger partial charge is 0.493 e. The first-order chi connectivity index (χ1) is 11.7. The van der Waals surface area contributed by atoms with Gasteiger partial charge in [-0.2, -0.15) is 11.3 Å². The van der Waals surface area contributed by atoms with Crippen LogP contribution in [0.4, 0.5) is 0 Å². The van der Waals surface area contributed by atoms with Crippen LogP contribution in [-0.4, -0.2) is 17.5 Å². The van der Waals surface area contributed by atoms with Gasteiger partial charge in [-0.1, -0.05) is 18.2 Å². The van der Waals surface area contributed by atoms with Crippen molar-refractivity contribution < 1.29 is 9.53 Å². The van der Waals surface area contributed by atoms with E-state index < -0.39 is 0 Å². The van der Waals surface area contributed by atoms with Crippen molar-refractivity contribution in [3.8, 4) is 16.3 Å². The summed E-state index contributed by atoms with van der Waals surface area (Å²) in [5.41, 5.74) is 2.89. The van der Waals surface area contributed by atoms with Crippen LogP contribution < -0.4 is 10.1 Å². The molecule has 1 aliphatic rings. The second kappa shape index (κ2) is 6.37. The van der Waals surface area contributed by atoms with Gasteiger partial charge >= 0.3 is 0 Å². The van der Waals surface area contributed by atoms with E-state index in [4.69, 9.17) is 4.74 Å². The lowest BCUT2D eigenvalue weighted by Crippen LogP contribution is -2.32. The zero-order valence-corrected chi connectivity index (χ0v) is 14.7. The van der Waals surface area contributed by atoms with E-state index in [2.05, 4.69) is 15.7 Å². The molecule has 0 aliphatic carbocycles. The van der Waals surface area contributed by atoms with Crippen molar-refractivity contribution in [1.29, 1.82) is 0 Å². The predicted octanol–water partition coefficient (Wildman–Crippen LogP) is 4.43. The van der Waals surface area contributed by atoms with Gasteiger partial charge in [-0.15, -0.1) is 11.3 Å². The number of fused-ring (bicyclic) bond motifs is 1. The molecule has 0 saturated heterocycles. The summed E-state index contributed by atoms with van der Waals surface area (Å²) in [5.74, 6) is 0.794. The summed E-state index contributed by atoms with van der Waals surface area (Å²) in [7, 11) is 0. The van der Waals surface area contributed by atoms with Crippen molar-refractivity contribution in [3.63, 3.8) is 0 Å². The smallest absolute Gasteiger partial charge is 0.263 e. The number of benzene rings is 1. The van der Waals surface area contributed by atoms with Gasteiger partial charge in [0.15, 0.2) is 0 Å². The topological polar surface area (TPSA) is 51.2 Å². The minimum Gasteiger partial charge on any atom is -0.493 e. The molecule has 0 fully saturated rings. The number of nitrogens with one attached hydrogen (secondary N) is 1. The van der Waals surface area contributed by atoms with Gasteiger partial charge in [0.25, 0.3) is 5.91 Å². The lowest BCUT2D eigenvalue weighted by molar-refractivity contribution is 0.0928. The number of para-hydroxylation sites is 1. The SMILES string of the molecule is Cc1nc(-c2ccsc2)sc1C(=O)N[C@@H]1CCOc2ccccc21. The zero-order chi connectivity index (χ0) is 16.5. The fraction of sp³-hybridized carbons (Fsp3) is 0.222. The number of nitrogens with zero attached hydrogens (tertiary/aromatic N) is 1. The van der Waals surface area contributed by atoms with Crippen molar-refractivity contribution in [1.82, 2.24) is 10.3 Å². The molecular formula is C18H16N2O2S2. The molecule has 0 bridgehead atoms. The molecule has 1 aromatic carbocycles. The average Bonchev–Trinajstić information content (AvgIpc) is 3.24. The fourth-order valence-corrected chi connectivity index (χ4v) is 4.51. The summed E-state index contributed by atoms with van der Waals surface area (Å²) >= 11 is 3.08. The van der Waals surface area contributed by atoms with Crippen molar-refractivity contribution in [2.45, 2.75) is 19.4 Å². The molecule has 0 radical (unpaired) electrons. The van der Waals surface area contributed by atoms with Gasteiger partial charge < -0.3 is 10.1 Å². The Balaban J connectivity index is 1.57. The Morgan fingerprint density at radius 2 is 2.21 bits per heavy atom. The number of carbonyl (C=O) groups is 1. The van der Waals surface area contributed by atoms with Crippen LogP contribution in [0.25, 0.3) is 10.6 Å². The van der Waals surface area contributed by atoms with Crippen LogP contribution in [0.2, 0.25) is 0 Å². The Labute approximate surface area is 148 Å². The third kappa shape index (κ3) is 2.83. The van der Waals surface area contributed by atoms with E-state index in [0.717, 1.165) is 34.0 Å². The third-order valence-corrected chi connectivity index (χ3v) is 5.92. The van der Waals surface area contributed by atoms with Gasteiger partial charge in [0, 0.05) is 22.9 Å². The van der Waals surface area contributed by atoms with Gasteiger partial charge in [-0.05, 0) is 24.4 Å². The molecule has 3 aromatic rings. The normalized spacial score (nSPS) is 16.3. The lowest BCUT2D eigenvalue weighted by Gasteiger charge is -2.26. The number of hydrogen-bond donors (Lipinski definition) is 1. The van der Waals surface area contributed by atoms with Crippen LogP contribution in [0.15, 0.2) is 41.1 Å². The monoisotopic (exact) mass is 356 g/mol. The Kier molecular flexibility index (Phi) is 4.08. The first-order valence-corrected chi connectivity index (χ1v) is 9.51. The number of hydrogen-bond acceptors (Lipinski definition) is 5. The fourth-order valence-electron chi connectivity index (χ4n) is 2.83. The predicted molar refractivity (Wildman–Crippen MR) is 96.9 cm³/mol. The van der Waals surface area contributed by atoms with Crippen molar-refractivity contribution in [2.75, 3.05) is 6.61 Å². The highest BCUT2D eigenvalue weighted by atomic mass is 32.1. The second-order valence-corrected chi connectivity index (χ2v) is 7.43. The molecular weight excluding hydrogens is 340 g/mol. The molecule has 2 aromatic heterocycles. The van der Waals surface area contributed by atoms with Gasteiger partial charge in [0.1, 0.15) is 15.6 Å². The van der Waals surface area contributed by atoms with Crippen molar-refractivity contribution in [2.24, 2.45) is 0 Å². The van der Waals surface area contributed by atoms with E-state index in [1.165, 1.54) is 11.3 Å². The van der Waals surface area contributed by atoms with Crippen molar-refractivity contribution in [3.05, 3.63) is 57.2 Å². The quantitative estimate of drug-likeness (QED) is 0.755.